The SMILES string of the molecule is Cc1cc(C(=O)N2CCN(C(=O)c3ccc(Cl)cc3Cl)CC2)no1. The van der Waals surface area contributed by atoms with E-state index in [1.807, 2.05) is 0 Å². The van der Waals surface area contributed by atoms with Crippen molar-refractivity contribution in [2.45, 2.75) is 6.92 Å². The minimum atomic E-state index is -0.191. The van der Waals surface area contributed by atoms with Gasteiger partial charge in [-0.3, -0.25) is 9.59 Å². The predicted octanol–water partition coefficient (Wildman–Crippen LogP) is 2.89. The minimum Gasteiger partial charge on any atom is -0.361 e. The summed E-state index contributed by atoms with van der Waals surface area (Å²) in [5.41, 5.74) is 0.695. The molecular formula is C16H15Cl2N3O3. The Hall–Kier alpha value is -2.05. The second kappa shape index (κ2) is 6.83. The number of rotatable bonds is 2. The summed E-state index contributed by atoms with van der Waals surface area (Å²) < 4.78 is 4.93. The molecule has 126 valence electrons. The molecule has 8 heteroatoms. The molecule has 1 aromatic carbocycles. The maximum atomic E-state index is 12.5. The predicted molar refractivity (Wildman–Crippen MR) is 89.5 cm³/mol. The number of hydrogen-bond donors (Lipinski definition) is 0. The average Bonchev–Trinajstić information content (AvgIpc) is 3.00. The van der Waals surface area contributed by atoms with Crippen LogP contribution >= 0.6 is 23.2 Å². The Morgan fingerprint density at radius 2 is 1.67 bits per heavy atom. The molecule has 2 amide bonds. The van der Waals surface area contributed by atoms with Gasteiger partial charge in [0.1, 0.15) is 5.76 Å². The summed E-state index contributed by atoms with van der Waals surface area (Å²) in [5, 5.41) is 4.54. The Morgan fingerprint density at radius 3 is 2.21 bits per heavy atom. The number of piperazine rings is 1. The van der Waals surface area contributed by atoms with Crippen molar-refractivity contribution in [1.82, 2.24) is 15.0 Å². The molecule has 0 unspecified atom stereocenters. The van der Waals surface area contributed by atoms with Gasteiger partial charge in [0.05, 0.1) is 10.6 Å². The van der Waals surface area contributed by atoms with Crippen LogP contribution in [-0.2, 0) is 0 Å². The van der Waals surface area contributed by atoms with E-state index >= 15 is 0 Å². The Labute approximate surface area is 148 Å². The molecule has 24 heavy (non-hydrogen) atoms. The van der Waals surface area contributed by atoms with Gasteiger partial charge in [0.2, 0.25) is 0 Å². The Morgan fingerprint density at radius 1 is 1.04 bits per heavy atom. The van der Waals surface area contributed by atoms with Gasteiger partial charge in [-0.05, 0) is 25.1 Å². The van der Waals surface area contributed by atoms with Crippen molar-refractivity contribution in [2.75, 3.05) is 26.2 Å². The lowest BCUT2D eigenvalue weighted by Gasteiger charge is -2.34. The quantitative estimate of drug-likeness (QED) is 0.818. The number of hydrogen-bond acceptors (Lipinski definition) is 4. The fraction of sp³-hybridized carbons (Fsp3) is 0.312. The lowest BCUT2D eigenvalue weighted by molar-refractivity contribution is 0.0530. The highest BCUT2D eigenvalue weighted by atomic mass is 35.5. The zero-order valence-corrected chi connectivity index (χ0v) is 14.5. The molecule has 3 rings (SSSR count). The summed E-state index contributed by atoms with van der Waals surface area (Å²) in [6.45, 7) is 3.46. The van der Waals surface area contributed by atoms with E-state index in [-0.39, 0.29) is 17.5 Å². The van der Waals surface area contributed by atoms with Gasteiger partial charge in [0.25, 0.3) is 11.8 Å². The highest BCUT2D eigenvalue weighted by molar-refractivity contribution is 6.36. The summed E-state index contributed by atoms with van der Waals surface area (Å²) in [5.74, 6) is 0.231. The monoisotopic (exact) mass is 367 g/mol. The fourth-order valence-corrected chi connectivity index (χ4v) is 3.06. The second-order valence-corrected chi connectivity index (χ2v) is 6.38. The molecule has 0 spiro atoms. The second-order valence-electron chi connectivity index (χ2n) is 5.53. The van der Waals surface area contributed by atoms with Crippen LogP contribution in [0.3, 0.4) is 0 Å². The largest absolute Gasteiger partial charge is 0.361 e. The van der Waals surface area contributed by atoms with Gasteiger partial charge in [0.15, 0.2) is 5.69 Å². The van der Waals surface area contributed by atoms with Crippen LogP contribution in [0.2, 0.25) is 10.0 Å². The molecule has 2 aromatic rings. The van der Waals surface area contributed by atoms with Gasteiger partial charge in [-0.25, -0.2) is 0 Å². The smallest absolute Gasteiger partial charge is 0.276 e. The van der Waals surface area contributed by atoms with E-state index in [0.29, 0.717) is 47.5 Å². The molecule has 0 N–H and O–H groups in total. The molecule has 1 aliphatic rings. The highest BCUT2D eigenvalue weighted by Crippen LogP contribution is 2.23. The van der Waals surface area contributed by atoms with Crippen molar-refractivity contribution < 1.29 is 14.1 Å². The van der Waals surface area contributed by atoms with Crippen molar-refractivity contribution in [2.24, 2.45) is 0 Å². The van der Waals surface area contributed by atoms with Gasteiger partial charge >= 0.3 is 0 Å². The Balaban J connectivity index is 1.64. The van der Waals surface area contributed by atoms with E-state index in [4.69, 9.17) is 27.7 Å². The average molecular weight is 368 g/mol. The van der Waals surface area contributed by atoms with Gasteiger partial charge in [-0.1, -0.05) is 28.4 Å². The first-order valence-electron chi connectivity index (χ1n) is 7.42. The third kappa shape index (κ3) is 3.39. The fourth-order valence-electron chi connectivity index (χ4n) is 2.58. The molecule has 0 saturated carbocycles. The summed E-state index contributed by atoms with van der Waals surface area (Å²) in [6.07, 6.45) is 0. The molecule has 0 bridgehead atoms. The van der Waals surface area contributed by atoms with Crippen molar-refractivity contribution in [3.63, 3.8) is 0 Å². The molecule has 0 aliphatic carbocycles. The van der Waals surface area contributed by atoms with Crippen LogP contribution in [0.1, 0.15) is 26.6 Å². The summed E-state index contributed by atoms with van der Waals surface area (Å²) in [6, 6.07) is 6.40. The van der Waals surface area contributed by atoms with Gasteiger partial charge in [0, 0.05) is 37.3 Å². The maximum absolute atomic E-state index is 12.5. The number of nitrogens with zero attached hydrogens (tertiary/aromatic N) is 3. The standard InChI is InChI=1S/C16H15Cl2N3O3/c1-10-8-14(19-24-10)16(23)21-6-4-20(5-7-21)15(22)12-3-2-11(17)9-13(12)18/h2-3,8-9H,4-7H2,1H3. The normalized spacial score (nSPS) is 14.8. The molecule has 1 fully saturated rings. The minimum absolute atomic E-state index is 0.166. The zero-order valence-electron chi connectivity index (χ0n) is 13.0. The molecule has 1 aliphatic heterocycles. The number of benzene rings is 1. The Kier molecular flexibility index (Phi) is 4.78. The number of aromatic nitrogens is 1. The van der Waals surface area contributed by atoms with Crippen LogP contribution < -0.4 is 0 Å². The van der Waals surface area contributed by atoms with E-state index in [1.165, 1.54) is 0 Å². The first-order chi connectivity index (χ1) is 11.5. The van der Waals surface area contributed by atoms with E-state index in [0.717, 1.165) is 0 Å². The molecule has 1 saturated heterocycles. The lowest BCUT2D eigenvalue weighted by atomic mass is 10.1. The molecular weight excluding hydrogens is 353 g/mol. The van der Waals surface area contributed by atoms with E-state index < -0.39 is 0 Å². The molecule has 0 atom stereocenters. The van der Waals surface area contributed by atoms with E-state index in [1.54, 1.807) is 41.0 Å². The lowest BCUT2D eigenvalue weighted by Crippen LogP contribution is -2.50. The van der Waals surface area contributed by atoms with Crippen molar-refractivity contribution in [1.29, 1.82) is 0 Å². The first kappa shape index (κ1) is 16.8. The molecule has 1 aromatic heterocycles. The van der Waals surface area contributed by atoms with E-state index in [2.05, 4.69) is 5.16 Å². The van der Waals surface area contributed by atoms with Crippen molar-refractivity contribution >= 4 is 35.0 Å². The number of aryl methyl sites for hydroxylation is 1. The van der Waals surface area contributed by atoms with Gasteiger partial charge in [-0.2, -0.15) is 0 Å². The summed E-state index contributed by atoms with van der Waals surface area (Å²) in [4.78, 5) is 28.2. The van der Waals surface area contributed by atoms with Crippen molar-refractivity contribution in [3.8, 4) is 0 Å². The van der Waals surface area contributed by atoms with Crippen LogP contribution in [0, 0.1) is 6.92 Å². The number of amides is 2. The number of carbonyl (C=O) groups is 2. The zero-order chi connectivity index (χ0) is 17.3. The van der Waals surface area contributed by atoms with Crippen LogP contribution in [-0.4, -0.2) is 52.9 Å². The first-order valence-corrected chi connectivity index (χ1v) is 8.18. The molecule has 0 radical (unpaired) electrons. The third-order valence-corrected chi connectivity index (χ3v) is 4.41. The summed E-state index contributed by atoms with van der Waals surface area (Å²) >= 11 is 11.9. The number of carbonyl (C=O) groups excluding carboxylic acids is 2. The highest BCUT2D eigenvalue weighted by Gasteiger charge is 2.27. The number of halogens is 2. The van der Waals surface area contributed by atoms with E-state index in [9.17, 15) is 9.59 Å². The topological polar surface area (TPSA) is 66.7 Å². The molecule has 6 nitrogen and oxygen atoms in total. The van der Waals surface area contributed by atoms with Crippen LogP contribution in [0.5, 0.6) is 0 Å². The van der Waals surface area contributed by atoms with Crippen molar-refractivity contribution in [3.05, 3.63) is 51.3 Å². The van der Waals surface area contributed by atoms with Gasteiger partial charge in [-0.15, -0.1) is 0 Å². The summed E-state index contributed by atoms with van der Waals surface area (Å²) in [7, 11) is 0. The molecule has 2 heterocycles. The Bertz CT molecular complexity index is 783. The van der Waals surface area contributed by atoms with Crippen LogP contribution in [0.15, 0.2) is 28.8 Å². The van der Waals surface area contributed by atoms with Crippen LogP contribution in [0.4, 0.5) is 0 Å². The maximum Gasteiger partial charge on any atom is 0.276 e. The third-order valence-electron chi connectivity index (χ3n) is 3.86. The van der Waals surface area contributed by atoms with Crippen LogP contribution in [0.25, 0.3) is 0 Å². The van der Waals surface area contributed by atoms with Gasteiger partial charge < -0.3 is 14.3 Å².